The lowest BCUT2D eigenvalue weighted by atomic mass is 9.92. The molecule has 172 valence electrons. The van der Waals surface area contributed by atoms with Gasteiger partial charge in [0.1, 0.15) is 11.9 Å². The smallest absolute Gasteiger partial charge is 0.411 e. The Bertz CT molecular complexity index is 1170. The third-order valence-electron chi connectivity index (χ3n) is 6.87. The Morgan fingerprint density at radius 2 is 1.91 bits per heavy atom. The van der Waals surface area contributed by atoms with Crippen molar-refractivity contribution in [1.82, 2.24) is 4.57 Å². The van der Waals surface area contributed by atoms with E-state index in [9.17, 15) is 9.59 Å². The van der Waals surface area contributed by atoms with Crippen molar-refractivity contribution in [1.29, 1.82) is 0 Å². The maximum Gasteiger partial charge on any atom is 0.411 e. The van der Waals surface area contributed by atoms with E-state index in [4.69, 9.17) is 9.47 Å². The maximum absolute atomic E-state index is 12.2. The van der Waals surface area contributed by atoms with Gasteiger partial charge in [-0.2, -0.15) is 0 Å². The highest BCUT2D eigenvalue weighted by atomic mass is 16.6. The first-order valence-electron chi connectivity index (χ1n) is 11.9. The SMILES string of the molecule is CCOc1ccc2c(C=O)c(-c3ccc(NC(=O)OC(C)C4CC4)cc3)n(C3CCC3)c2c1. The number of nitrogens with one attached hydrogen (secondary N) is 1. The van der Waals surface area contributed by atoms with Gasteiger partial charge in [0.2, 0.25) is 0 Å². The lowest BCUT2D eigenvalue weighted by molar-refractivity contribution is 0.108. The summed E-state index contributed by atoms with van der Waals surface area (Å²) in [5.41, 5.74) is 4.27. The quantitative estimate of drug-likeness (QED) is 0.396. The van der Waals surface area contributed by atoms with Crippen LogP contribution in [0.4, 0.5) is 10.5 Å². The van der Waals surface area contributed by atoms with Gasteiger partial charge in [0.05, 0.1) is 17.8 Å². The fourth-order valence-electron chi connectivity index (χ4n) is 4.70. The number of hydrogen-bond acceptors (Lipinski definition) is 4. The number of fused-ring (bicyclic) bond motifs is 1. The number of carbonyl (C=O) groups is 2. The van der Waals surface area contributed by atoms with Crippen molar-refractivity contribution in [2.75, 3.05) is 11.9 Å². The third-order valence-corrected chi connectivity index (χ3v) is 6.87. The van der Waals surface area contributed by atoms with E-state index in [1.54, 1.807) is 0 Å². The number of benzene rings is 2. The second-order valence-electron chi connectivity index (χ2n) is 9.10. The van der Waals surface area contributed by atoms with Crippen LogP contribution in [0, 0.1) is 5.92 Å². The average Bonchev–Trinajstić information content (AvgIpc) is 3.57. The van der Waals surface area contributed by atoms with Gasteiger partial charge in [-0.05, 0) is 81.7 Å². The zero-order chi connectivity index (χ0) is 22.9. The normalized spacial score (nSPS) is 16.8. The van der Waals surface area contributed by atoms with Crippen LogP contribution in [0.15, 0.2) is 42.5 Å². The minimum atomic E-state index is -0.428. The van der Waals surface area contributed by atoms with Gasteiger partial charge in [0.25, 0.3) is 0 Å². The third kappa shape index (κ3) is 4.22. The van der Waals surface area contributed by atoms with Crippen molar-refractivity contribution in [2.24, 2.45) is 5.92 Å². The molecule has 2 saturated carbocycles. The number of rotatable bonds is 8. The molecule has 0 saturated heterocycles. The summed E-state index contributed by atoms with van der Waals surface area (Å²) >= 11 is 0. The van der Waals surface area contributed by atoms with Gasteiger partial charge in [-0.3, -0.25) is 10.1 Å². The van der Waals surface area contributed by atoms with Crippen LogP contribution in [0.25, 0.3) is 22.2 Å². The molecular weight excluding hydrogens is 416 g/mol. The predicted octanol–water partition coefficient (Wildman–Crippen LogP) is 6.59. The molecule has 1 N–H and O–H groups in total. The van der Waals surface area contributed by atoms with Crippen LogP contribution in [-0.4, -0.2) is 29.7 Å². The van der Waals surface area contributed by atoms with Crippen LogP contribution in [-0.2, 0) is 4.74 Å². The number of aromatic nitrogens is 1. The minimum absolute atomic E-state index is 0.0563. The first kappa shape index (κ1) is 21.6. The van der Waals surface area contributed by atoms with Gasteiger partial charge in [-0.15, -0.1) is 0 Å². The molecule has 0 spiro atoms. The van der Waals surface area contributed by atoms with Crippen LogP contribution in [0.1, 0.15) is 62.4 Å². The van der Waals surface area contributed by atoms with Crippen molar-refractivity contribution in [3.05, 3.63) is 48.0 Å². The van der Waals surface area contributed by atoms with E-state index in [2.05, 4.69) is 9.88 Å². The number of carbonyl (C=O) groups excluding carboxylic acids is 2. The largest absolute Gasteiger partial charge is 0.494 e. The van der Waals surface area contributed by atoms with Crippen LogP contribution < -0.4 is 10.1 Å². The van der Waals surface area contributed by atoms with Gasteiger partial charge in [0.15, 0.2) is 6.29 Å². The molecular formula is C27H30N2O4. The summed E-state index contributed by atoms with van der Waals surface area (Å²) in [6.45, 7) is 4.51. The highest BCUT2D eigenvalue weighted by Crippen LogP contribution is 2.43. The second kappa shape index (κ2) is 8.93. The molecule has 33 heavy (non-hydrogen) atoms. The standard InChI is InChI=1S/C27H30N2O4/c1-3-32-22-13-14-23-24(16-30)26(29(25(23)15-22)21-5-4-6-21)19-9-11-20(12-10-19)28-27(31)33-17(2)18-7-8-18/h9-18,21H,3-8H2,1-2H3,(H,28,31). The van der Waals surface area contributed by atoms with Crippen molar-refractivity contribution in [3.8, 4) is 17.0 Å². The summed E-state index contributed by atoms with van der Waals surface area (Å²) in [6.07, 6.45) is 6.11. The van der Waals surface area contributed by atoms with E-state index in [0.717, 1.165) is 59.9 Å². The predicted molar refractivity (Wildman–Crippen MR) is 129 cm³/mol. The van der Waals surface area contributed by atoms with Crippen molar-refractivity contribution < 1.29 is 19.1 Å². The van der Waals surface area contributed by atoms with Crippen LogP contribution in [0.3, 0.4) is 0 Å². The molecule has 2 fully saturated rings. The molecule has 1 unspecified atom stereocenters. The molecule has 6 nitrogen and oxygen atoms in total. The number of nitrogens with zero attached hydrogens (tertiary/aromatic N) is 1. The van der Waals surface area contributed by atoms with Gasteiger partial charge < -0.3 is 14.0 Å². The Morgan fingerprint density at radius 1 is 1.15 bits per heavy atom. The Hall–Kier alpha value is -3.28. The summed E-state index contributed by atoms with van der Waals surface area (Å²) in [4.78, 5) is 24.4. The van der Waals surface area contributed by atoms with Crippen molar-refractivity contribution >= 4 is 29.0 Å². The first-order valence-corrected chi connectivity index (χ1v) is 11.9. The zero-order valence-corrected chi connectivity index (χ0v) is 19.2. The monoisotopic (exact) mass is 446 g/mol. The molecule has 5 rings (SSSR count). The summed E-state index contributed by atoms with van der Waals surface area (Å²) in [5, 5.41) is 3.76. The highest BCUT2D eigenvalue weighted by Gasteiger charge is 2.31. The van der Waals surface area contributed by atoms with Crippen LogP contribution >= 0.6 is 0 Å². The number of amides is 1. The number of aldehydes is 1. The lowest BCUT2D eigenvalue weighted by Gasteiger charge is -2.30. The number of ether oxygens (including phenoxy) is 2. The second-order valence-corrected chi connectivity index (χ2v) is 9.10. The van der Waals surface area contributed by atoms with E-state index < -0.39 is 6.09 Å². The molecule has 0 aliphatic heterocycles. The lowest BCUT2D eigenvalue weighted by Crippen LogP contribution is -2.21. The number of hydrogen-bond donors (Lipinski definition) is 1. The Kier molecular flexibility index (Phi) is 5.83. The zero-order valence-electron chi connectivity index (χ0n) is 19.2. The fourth-order valence-corrected chi connectivity index (χ4v) is 4.70. The van der Waals surface area contributed by atoms with Gasteiger partial charge in [-0.1, -0.05) is 12.1 Å². The van der Waals surface area contributed by atoms with E-state index >= 15 is 0 Å². The highest BCUT2D eigenvalue weighted by molar-refractivity contribution is 6.05. The Labute approximate surface area is 193 Å². The van der Waals surface area contributed by atoms with E-state index in [-0.39, 0.29) is 6.10 Å². The average molecular weight is 447 g/mol. The summed E-state index contributed by atoms with van der Waals surface area (Å²) in [5.74, 6) is 1.31. The first-order chi connectivity index (χ1) is 16.1. The maximum atomic E-state index is 12.2. The molecule has 1 aromatic heterocycles. The molecule has 1 atom stereocenters. The minimum Gasteiger partial charge on any atom is -0.494 e. The summed E-state index contributed by atoms with van der Waals surface area (Å²) in [6, 6.07) is 14.0. The molecule has 0 bridgehead atoms. The van der Waals surface area contributed by atoms with Crippen molar-refractivity contribution in [3.63, 3.8) is 0 Å². The van der Waals surface area contributed by atoms with Crippen LogP contribution in [0.2, 0.25) is 0 Å². The molecule has 2 aliphatic rings. The van der Waals surface area contributed by atoms with E-state index in [1.807, 2.05) is 56.3 Å². The van der Waals surface area contributed by atoms with Gasteiger partial charge in [0, 0.05) is 28.7 Å². The molecule has 2 aromatic carbocycles. The fraction of sp³-hybridized carbons (Fsp3) is 0.407. The Morgan fingerprint density at radius 3 is 2.52 bits per heavy atom. The molecule has 3 aromatic rings. The van der Waals surface area contributed by atoms with Gasteiger partial charge in [-0.25, -0.2) is 4.79 Å². The molecule has 6 heteroatoms. The summed E-state index contributed by atoms with van der Waals surface area (Å²) < 4.78 is 13.5. The van der Waals surface area contributed by atoms with Crippen LogP contribution in [0.5, 0.6) is 5.75 Å². The van der Waals surface area contributed by atoms with E-state index in [1.165, 1.54) is 6.42 Å². The Balaban J connectivity index is 1.48. The molecule has 1 heterocycles. The molecule has 0 radical (unpaired) electrons. The molecule has 1 amide bonds. The summed E-state index contributed by atoms with van der Waals surface area (Å²) in [7, 11) is 0. The van der Waals surface area contributed by atoms with Gasteiger partial charge >= 0.3 is 6.09 Å². The number of anilines is 1. The molecule has 2 aliphatic carbocycles. The van der Waals surface area contributed by atoms with E-state index in [0.29, 0.717) is 29.8 Å². The topological polar surface area (TPSA) is 69.6 Å². The van der Waals surface area contributed by atoms with Crippen molar-refractivity contribution in [2.45, 2.75) is 58.1 Å².